The summed E-state index contributed by atoms with van der Waals surface area (Å²) in [4.78, 5) is 53.6. The number of carbonyl (C=O) groups excluding carboxylic acids is 3. The molecule has 9 nitrogen and oxygen atoms in total. The van der Waals surface area contributed by atoms with E-state index in [-0.39, 0.29) is 17.7 Å². The maximum atomic E-state index is 12.6. The van der Waals surface area contributed by atoms with Crippen LogP contribution in [0.4, 0.5) is 5.69 Å². The third kappa shape index (κ3) is 4.37. The monoisotopic (exact) mass is 498 g/mol. The van der Waals surface area contributed by atoms with Crippen molar-refractivity contribution in [3.63, 3.8) is 0 Å². The van der Waals surface area contributed by atoms with Crippen molar-refractivity contribution in [2.24, 2.45) is 0 Å². The zero-order valence-corrected chi connectivity index (χ0v) is 19.5. The van der Waals surface area contributed by atoms with Gasteiger partial charge >= 0.3 is 0 Å². The molecule has 0 atom stereocenters. The lowest BCUT2D eigenvalue weighted by atomic mass is 10.1. The molecule has 36 heavy (non-hydrogen) atoms. The Morgan fingerprint density at radius 3 is 2.42 bits per heavy atom. The number of carbonyl (C=O) groups is 3. The number of nitro groups is 1. The van der Waals surface area contributed by atoms with Gasteiger partial charge in [0, 0.05) is 29.1 Å². The molecule has 10 heteroatoms. The number of aromatic nitrogens is 1. The average Bonchev–Trinajstić information content (AvgIpc) is 3.48. The largest absolute Gasteiger partial charge is 0.350 e. The molecule has 178 valence electrons. The van der Waals surface area contributed by atoms with E-state index in [0.29, 0.717) is 0 Å². The van der Waals surface area contributed by atoms with Gasteiger partial charge in [-0.15, -0.1) is 11.3 Å². The molecule has 0 aliphatic carbocycles. The van der Waals surface area contributed by atoms with Gasteiger partial charge in [-0.3, -0.25) is 29.4 Å². The SMILES string of the molecule is O=C(CN1C(=O)c2cccc([N+](=O)[O-])c2C1=O)NCc1ccc(-c2nc(-c3ccccc3)cs2)cc1. The van der Waals surface area contributed by atoms with Crippen molar-refractivity contribution >= 4 is 34.7 Å². The number of rotatable bonds is 7. The van der Waals surface area contributed by atoms with Gasteiger partial charge in [0.25, 0.3) is 17.5 Å². The van der Waals surface area contributed by atoms with Crippen LogP contribution in [-0.4, -0.2) is 39.1 Å². The number of hydrogen-bond donors (Lipinski definition) is 1. The number of thiazole rings is 1. The van der Waals surface area contributed by atoms with Crippen LogP contribution in [0.1, 0.15) is 26.3 Å². The van der Waals surface area contributed by atoms with E-state index in [2.05, 4.69) is 5.32 Å². The maximum Gasteiger partial charge on any atom is 0.282 e. The molecule has 4 aromatic rings. The number of hydrogen-bond acceptors (Lipinski definition) is 7. The highest BCUT2D eigenvalue weighted by Gasteiger charge is 2.41. The molecule has 0 fully saturated rings. The summed E-state index contributed by atoms with van der Waals surface area (Å²) >= 11 is 1.54. The highest BCUT2D eigenvalue weighted by Crippen LogP contribution is 2.31. The van der Waals surface area contributed by atoms with E-state index in [9.17, 15) is 24.5 Å². The van der Waals surface area contributed by atoms with Gasteiger partial charge in [0.05, 0.1) is 16.2 Å². The number of nitrogens with zero attached hydrogens (tertiary/aromatic N) is 3. The summed E-state index contributed by atoms with van der Waals surface area (Å²) in [6.07, 6.45) is 0. The topological polar surface area (TPSA) is 123 Å². The molecule has 5 rings (SSSR count). The number of nitrogens with one attached hydrogen (secondary N) is 1. The number of fused-ring (bicyclic) bond motifs is 1. The minimum absolute atomic E-state index is 0.0739. The van der Waals surface area contributed by atoms with E-state index in [1.54, 1.807) is 11.3 Å². The fourth-order valence-electron chi connectivity index (χ4n) is 3.92. The summed E-state index contributed by atoms with van der Waals surface area (Å²) in [5.74, 6) is -2.12. The average molecular weight is 499 g/mol. The number of benzene rings is 3. The first-order valence-electron chi connectivity index (χ1n) is 10.9. The van der Waals surface area contributed by atoms with E-state index in [4.69, 9.17) is 4.98 Å². The summed E-state index contributed by atoms with van der Waals surface area (Å²) < 4.78 is 0. The summed E-state index contributed by atoms with van der Waals surface area (Å²) in [6, 6.07) is 21.3. The molecule has 1 aliphatic heterocycles. The number of amides is 3. The van der Waals surface area contributed by atoms with E-state index in [0.717, 1.165) is 38.4 Å². The molecule has 0 radical (unpaired) electrons. The van der Waals surface area contributed by atoms with Crippen LogP contribution in [0.3, 0.4) is 0 Å². The summed E-state index contributed by atoms with van der Waals surface area (Å²) in [6.45, 7) is -0.335. The standard InChI is InChI=1S/C26H18N4O5S/c31-22(14-29-25(32)19-7-4-8-21(30(34)35)23(19)26(29)33)27-13-16-9-11-18(12-10-16)24-28-20(15-36-24)17-5-2-1-3-6-17/h1-12,15H,13-14H2,(H,27,31). The molecule has 3 amide bonds. The molecular weight excluding hydrogens is 480 g/mol. The fraction of sp³-hybridized carbons (Fsp3) is 0.0769. The van der Waals surface area contributed by atoms with Gasteiger partial charge in [-0.1, -0.05) is 60.7 Å². The Hall–Kier alpha value is -4.70. The lowest BCUT2D eigenvalue weighted by Gasteiger charge is -2.13. The van der Waals surface area contributed by atoms with Gasteiger partial charge < -0.3 is 5.32 Å². The van der Waals surface area contributed by atoms with Gasteiger partial charge in [-0.05, 0) is 11.6 Å². The minimum Gasteiger partial charge on any atom is -0.350 e. The second-order valence-electron chi connectivity index (χ2n) is 8.03. The van der Waals surface area contributed by atoms with Gasteiger partial charge in [0.2, 0.25) is 5.91 Å². The normalized spacial score (nSPS) is 12.5. The molecule has 3 aromatic carbocycles. The van der Waals surface area contributed by atoms with Crippen LogP contribution in [0.25, 0.3) is 21.8 Å². The van der Waals surface area contributed by atoms with Gasteiger partial charge in [0.1, 0.15) is 17.1 Å². The maximum absolute atomic E-state index is 12.6. The van der Waals surface area contributed by atoms with Crippen LogP contribution < -0.4 is 5.32 Å². The summed E-state index contributed by atoms with van der Waals surface area (Å²) in [7, 11) is 0. The lowest BCUT2D eigenvalue weighted by Crippen LogP contribution is -2.40. The second kappa shape index (κ2) is 9.51. The van der Waals surface area contributed by atoms with Gasteiger partial charge in [-0.25, -0.2) is 4.98 Å². The Morgan fingerprint density at radius 1 is 0.944 bits per heavy atom. The molecule has 0 spiro atoms. The molecule has 0 saturated heterocycles. The van der Waals surface area contributed by atoms with Crippen LogP contribution >= 0.6 is 11.3 Å². The van der Waals surface area contributed by atoms with Crippen molar-refractivity contribution in [1.82, 2.24) is 15.2 Å². The molecule has 0 unspecified atom stereocenters. The highest BCUT2D eigenvalue weighted by atomic mass is 32.1. The molecule has 2 heterocycles. The lowest BCUT2D eigenvalue weighted by molar-refractivity contribution is -0.385. The van der Waals surface area contributed by atoms with E-state index >= 15 is 0 Å². The van der Waals surface area contributed by atoms with Crippen LogP contribution in [0.15, 0.2) is 78.2 Å². The van der Waals surface area contributed by atoms with Gasteiger partial charge in [-0.2, -0.15) is 0 Å². The predicted octanol–water partition coefficient (Wildman–Crippen LogP) is 4.30. The Kier molecular flexibility index (Phi) is 6.09. The van der Waals surface area contributed by atoms with Crippen LogP contribution in [0.5, 0.6) is 0 Å². The Labute approximate surface area is 209 Å². The third-order valence-corrected chi connectivity index (χ3v) is 6.63. The molecule has 0 saturated carbocycles. The van der Waals surface area contributed by atoms with E-state index in [1.165, 1.54) is 12.1 Å². The van der Waals surface area contributed by atoms with Crippen LogP contribution in [0, 0.1) is 10.1 Å². The first kappa shape index (κ1) is 23.1. The van der Waals surface area contributed by atoms with Crippen molar-refractivity contribution in [3.05, 3.63) is 105 Å². The molecule has 1 aliphatic rings. The molecule has 0 bridgehead atoms. The summed E-state index contributed by atoms with van der Waals surface area (Å²) in [5, 5.41) is 16.8. The fourth-order valence-corrected chi connectivity index (χ4v) is 4.76. The Morgan fingerprint density at radius 2 is 1.69 bits per heavy atom. The summed E-state index contributed by atoms with van der Waals surface area (Å²) in [5.41, 5.74) is 2.92. The Balaban J connectivity index is 1.20. The van der Waals surface area contributed by atoms with Crippen molar-refractivity contribution < 1.29 is 19.3 Å². The zero-order chi connectivity index (χ0) is 25.2. The minimum atomic E-state index is -0.847. The number of imide groups is 1. The highest BCUT2D eigenvalue weighted by molar-refractivity contribution is 7.13. The van der Waals surface area contributed by atoms with Crippen LogP contribution in [-0.2, 0) is 11.3 Å². The molecule has 1 N–H and O–H groups in total. The smallest absolute Gasteiger partial charge is 0.282 e. The van der Waals surface area contributed by atoms with Crippen molar-refractivity contribution in [2.75, 3.05) is 6.54 Å². The zero-order valence-electron chi connectivity index (χ0n) is 18.7. The van der Waals surface area contributed by atoms with Crippen molar-refractivity contribution in [1.29, 1.82) is 0 Å². The van der Waals surface area contributed by atoms with E-state index in [1.807, 2.05) is 60.0 Å². The Bertz CT molecular complexity index is 1500. The second-order valence-corrected chi connectivity index (χ2v) is 8.89. The predicted molar refractivity (Wildman–Crippen MR) is 133 cm³/mol. The van der Waals surface area contributed by atoms with Crippen molar-refractivity contribution in [3.8, 4) is 21.8 Å². The molecule has 1 aromatic heterocycles. The number of nitro benzene ring substituents is 1. The van der Waals surface area contributed by atoms with Gasteiger partial charge in [0.15, 0.2) is 0 Å². The third-order valence-electron chi connectivity index (χ3n) is 5.74. The van der Waals surface area contributed by atoms with Crippen molar-refractivity contribution in [2.45, 2.75) is 6.54 Å². The van der Waals surface area contributed by atoms with Crippen LogP contribution in [0.2, 0.25) is 0 Å². The first-order valence-corrected chi connectivity index (χ1v) is 11.8. The van der Waals surface area contributed by atoms with E-state index < -0.39 is 34.9 Å². The molecular formula is C26H18N4O5S. The first-order chi connectivity index (χ1) is 17.4. The quantitative estimate of drug-likeness (QED) is 0.230.